The lowest BCUT2D eigenvalue weighted by molar-refractivity contribution is 0.101. The number of para-hydroxylation sites is 2. The Balaban J connectivity index is 1.57. The van der Waals surface area contributed by atoms with E-state index in [1.807, 2.05) is 25.1 Å². The van der Waals surface area contributed by atoms with Crippen molar-refractivity contribution in [1.82, 2.24) is 9.66 Å². The Kier molecular flexibility index (Phi) is 6.02. The SMILES string of the molecule is CCOc1ccc(NS(=O)(=O)c2ccc(Cl)c(C(=O)Nn3cnc4ccccc43)c2)cc1. The van der Waals surface area contributed by atoms with Crippen molar-refractivity contribution in [3.8, 4) is 5.75 Å². The number of amides is 1. The minimum atomic E-state index is -3.96. The van der Waals surface area contributed by atoms with Crippen LogP contribution in [0.4, 0.5) is 5.69 Å². The van der Waals surface area contributed by atoms with Crippen LogP contribution < -0.4 is 14.9 Å². The number of hydrogen-bond donors (Lipinski definition) is 2. The number of rotatable bonds is 7. The molecule has 0 aliphatic heterocycles. The van der Waals surface area contributed by atoms with Gasteiger partial charge in [0.25, 0.3) is 15.9 Å². The molecule has 4 rings (SSSR count). The molecule has 0 saturated carbocycles. The molecule has 2 N–H and O–H groups in total. The third-order valence-corrected chi connectivity index (χ3v) is 6.29. The summed E-state index contributed by atoms with van der Waals surface area (Å²) in [4.78, 5) is 16.9. The van der Waals surface area contributed by atoms with Crippen LogP contribution in [0.15, 0.2) is 78.0 Å². The summed E-state index contributed by atoms with van der Waals surface area (Å²) in [6.45, 7) is 2.37. The molecule has 0 spiro atoms. The van der Waals surface area contributed by atoms with Crippen LogP contribution in [0.1, 0.15) is 17.3 Å². The summed E-state index contributed by atoms with van der Waals surface area (Å²) in [5, 5.41) is 0.118. The fourth-order valence-electron chi connectivity index (χ4n) is 3.06. The average molecular weight is 471 g/mol. The number of fused-ring (bicyclic) bond motifs is 1. The summed E-state index contributed by atoms with van der Waals surface area (Å²) in [6, 6.07) is 17.7. The quantitative estimate of drug-likeness (QED) is 0.420. The van der Waals surface area contributed by atoms with Gasteiger partial charge >= 0.3 is 0 Å². The zero-order chi connectivity index (χ0) is 22.7. The third-order valence-electron chi connectivity index (χ3n) is 4.59. The van der Waals surface area contributed by atoms with Crippen molar-refractivity contribution in [3.63, 3.8) is 0 Å². The summed E-state index contributed by atoms with van der Waals surface area (Å²) >= 11 is 6.19. The predicted molar refractivity (Wildman–Crippen MR) is 123 cm³/mol. The number of nitrogens with zero attached hydrogens (tertiary/aromatic N) is 2. The Morgan fingerprint density at radius 2 is 1.84 bits per heavy atom. The van der Waals surface area contributed by atoms with Gasteiger partial charge in [-0.15, -0.1) is 0 Å². The lowest BCUT2D eigenvalue weighted by Crippen LogP contribution is -2.23. The van der Waals surface area contributed by atoms with Crippen molar-refractivity contribution >= 4 is 44.3 Å². The van der Waals surface area contributed by atoms with Gasteiger partial charge in [-0.05, 0) is 61.5 Å². The van der Waals surface area contributed by atoms with E-state index in [9.17, 15) is 13.2 Å². The van der Waals surface area contributed by atoms with E-state index in [1.165, 1.54) is 29.2 Å². The molecule has 0 aliphatic carbocycles. The van der Waals surface area contributed by atoms with Gasteiger partial charge in [-0.2, -0.15) is 0 Å². The smallest absolute Gasteiger partial charge is 0.271 e. The first-order valence-corrected chi connectivity index (χ1v) is 11.5. The monoisotopic (exact) mass is 470 g/mol. The zero-order valence-corrected chi connectivity index (χ0v) is 18.5. The van der Waals surface area contributed by atoms with Crippen molar-refractivity contribution < 1.29 is 17.9 Å². The molecule has 1 amide bonds. The molecule has 0 atom stereocenters. The Morgan fingerprint density at radius 1 is 1.09 bits per heavy atom. The van der Waals surface area contributed by atoms with Crippen molar-refractivity contribution in [2.24, 2.45) is 0 Å². The average Bonchev–Trinajstić information content (AvgIpc) is 3.18. The van der Waals surface area contributed by atoms with Gasteiger partial charge in [-0.25, -0.2) is 18.1 Å². The Morgan fingerprint density at radius 3 is 2.59 bits per heavy atom. The van der Waals surface area contributed by atoms with Gasteiger partial charge < -0.3 is 4.74 Å². The molecule has 3 aromatic carbocycles. The van der Waals surface area contributed by atoms with Gasteiger partial charge in [0.2, 0.25) is 0 Å². The molecule has 1 heterocycles. The summed E-state index contributed by atoms with van der Waals surface area (Å²) in [7, 11) is -3.96. The standard InChI is InChI=1S/C22H19ClN4O4S/c1-2-31-16-9-7-15(8-10-16)26-32(29,30)17-11-12-19(23)18(13-17)22(28)25-27-14-24-20-5-3-4-6-21(20)27/h3-14,26H,2H2,1H3,(H,25,28). The number of anilines is 1. The molecule has 1 aromatic heterocycles. The van der Waals surface area contributed by atoms with Crippen molar-refractivity contribution in [2.45, 2.75) is 11.8 Å². The van der Waals surface area contributed by atoms with Gasteiger partial charge in [-0.3, -0.25) is 14.9 Å². The van der Waals surface area contributed by atoms with Crippen molar-refractivity contribution in [2.75, 3.05) is 16.8 Å². The fourth-order valence-corrected chi connectivity index (χ4v) is 4.35. The molecule has 32 heavy (non-hydrogen) atoms. The molecular weight excluding hydrogens is 452 g/mol. The molecule has 0 saturated heterocycles. The third kappa shape index (κ3) is 4.53. The summed E-state index contributed by atoms with van der Waals surface area (Å²) in [5.74, 6) is 0.0594. The van der Waals surface area contributed by atoms with Gasteiger partial charge in [0.1, 0.15) is 12.1 Å². The number of carbonyl (C=O) groups excluding carboxylic acids is 1. The second-order valence-corrected chi connectivity index (χ2v) is 8.84. The topological polar surface area (TPSA) is 102 Å². The zero-order valence-electron chi connectivity index (χ0n) is 16.9. The summed E-state index contributed by atoms with van der Waals surface area (Å²) in [6.07, 6.45) is 1.46. The number of ether oxygens (including phenoxy) is 1. The molecule has 164 valence electrons. The lowest BCUT2D eigenvalue weighted by atomic mass is 10.2. The normalized spacial score (nSPS) is 11.3. The highest BCUT2D eigenvalue weighted by molar-refractivity contribution is 7.92. The largest absolute Gasteiger partial charge is 0.494 e. The highest BCUT2D eigenvalue weighted by Crippen LogP contribution is 2.24. The number of halogens is 1. The van der Waals surface area contributed by atoms with Crippen LogP contribution >= 0.6 is 11.6 Å². The van der Waals surface area contributed by atoms with E-state index in [1.54, 1.807) is 30.3 Å². The molecule has 0 radical (unpaired) electrons. The van der Waals surface area contributed by atoms with Crippen LogP contribution in [0, 0.1) is 0 Å². The highest BCUT2D eigenvalue weighted by Gasteiger charge is 2.20. The summed E-state index contributed by atoms with van der Waals surface area (Å²) in [5.41, 5.74) is 4.44. The van der Waals surface area contributed by atoms with Crippen molar-refractivity contribution in [3.05, 3.63) is 83.6 Å². The van der Waals surface area contributed by atoms with Crippen molar-refractivity contribution in [1.29, 1.82) is 0 Å². The van der Waals surface area contributed by atoms with Crippen LogP contribution in [0.2, 0.25) is 5.02 Å². The van der Waals surface area contributed by atoms with E-state index in [-0.39, 0.29) is 15.5 Å². The number of nitrogens with one attached hydrogen (secondary N) is 2. The first kappa shape index (κ1) is 21.7. The maximum absolute atomic E-state index is 12.9. The Hall–Kier alpha value is -3.56. The number of carbonyl (C=O) groups is 1. The van der Waals surface area contributed by atoms with E-state index in [4.69, 9.17) is 16.3 Å². The first-order chi connectivity index (χ1) is 15.4. The van der Waals surface area contributed by atoms with E-state index < -0.39 is 15.9 Å². The fraction of sp³-hybridized carbons (Fsp3) is 0.0909. The van der Waals surface area contributed by atoms with Gasteiger partial charge in [0.05, 0.1) is 33.1 Å². The summed E-state index contributed by atoms with van der Waals surface area (Å²) < 4.78 is 35.0. The molecule has 0 aliphatic rings. The number of imidazole rings is 1. The maximum Gasteiger partial charge on any atom is 0.271 e. The molecule has 10 heteroatoms. The Labute approximate surface area is 189 Å². The van der Waals surface area contributed by atoms with E-state index in [0.29, 0.717) is 29.1 Å². The molecular formula is C22H19ClN4O4S. The van der Waals surface area contributed by atoms with E-state index in [0.717, 1.165) is 0 Å². The second-order valence-electron chi connectivity index (χ2n) is 6.75. The Bertz CT molecular complexity index is 1380. The van der Waals surface area contributed by atoms with Crippen LogP contribution in [0.3, 0.4) is 0 Å². The molecule has 0 fully saturated rings. The minimum Gasteiger partial charge on any atom is -0.494 e. The number of benzene rings is 3. The first-order valence-electron chi connectivity index (χ1n) is 9.66. The van der Waals surface area contributed by atoms with Gasteiger partial charge in [0, 0.05) is 5.69 Å². The second kappa shape index (κ2) is 8.89. The molecule has 8 nitrogen and oxygen atoms in total. The number of hydrogen-bond acceptors (Lipinski definition) is 5. The van der Waals surface area contributed by atoms with E-state index in [2.05, 4.69) is 15.1 Å². The van der Waals surface area contributed by atoms with Crippen LogP contribution in [0.5, 0.6) is 5.75 Å². The minimum absolute atomic E-state index is 0.0130. The lowest BCUT2D eigenvalue weighted by Gasteiger charge is -2.12. The number of aromatic nitrogens is 2. The number of sulfonamides is 1. The predicted octanol–water partition coefficient (Wildman–Crippen LogP) is 4.27. The van der Waals surface area contributed by atoms with Gasteiger partial charge in [0.15, 0.2) is 0 Å². The molecule has 0 unspecified atom stereocenters. The molecule has 0 bridgehead atoms. The maximum atomic E-state index is 12.9. The highest BCUT2D eigenvalue weighted by atomic mass is 35.5. The van der Waals surface area contributed by atoms with Crippen LogP contribution in [0.25, 0.3) is 11.0 Å². The van der Waals surface area contributed by atoms with Crippen LogP contribution in [-0.2, 0) is 10.0 Å². The van der Waals surface area contributed by atoms with E-state index >= 15 is 0 Å². The van der Waals surface area contributed by atoms with Gasteiger partial charge in [-0.1, -0.05) is 23.7 Å². The van der Waals surface area contributed by atoms with Crippen LogP contribution in [-0.4, -0.2) is 30.6 Å². The molecule has 4 aromatic rings.